The number of ether oxygens (including phenoxy) is 1. The van der Waals surface area contributed by atoms with Crippen molar-refractivity contribution < 1.29 is 29.0 Å². The molecule has 0 aliphatic heterocycles. The van der Waals surface area contributed by atoms with Gasteiger partial charge in [0.15, 0.2) is 5.78 Å². The molecule has 1 aromatic heterocycles. The molecule has 9 nitrogen and oxygen atoms in total. The normalized spacial score (nSPS) is 11.8. The summed E-state index contributed by atoms with van der Waals surface area (Å²) in [5, 5.41) is 16.0. The summed E-state index contributed by atoms with van der Waals surface area (Å²) in [4.78, 5) is 51.2. The van der Waals surface area contributed by atoms with Crippen LogP contribution in [-0.4, -0.2) is 52.8 Å². The van der Waals surface area contributed by atoms with Gasteiger partial charge in [-0.25, -0.2) is 4.79 Å². The Morgan fingerprint density at radius 1 is 1.00 bits per heavy atom. The Labute approximate surface area is 221 Å². The fraction of sp³-hybridized carbons (Fsp3) is 0.179. The monoisotopic (exact) mass is 529 g/mol. The third-order valence-corrected chi connectivity index (χ3v) is 7.06. The van der Waals surface area contributed by atoms with E-state index in [1.807, 2.05) is 13.0 Å². The number of carbonyl (C=O) groups is 4. The molecule has 3 aromatic carbocycles. The summed E-state index contributed by atoms with van der Waals surface area (Å²) in [5.41, 5.74) is 1.99. The van der Waals surface area contributed by atoms with Gasteiger partial charge in [-0.15, -0.1) is 0 Å². The number of hydrogen-bond donors (Lipinski definition) is 3. The average Bonchev–Trinajstić information content (AvgIpc) is 3.36. The van der Waals surface area contributed by atoms with Crippen LogP contribution in [-0.2, 0) is 4.74 Å². The van der Waals surface area contributed by atoms with E-state index in [1.54, 1.807) is 30.3 Å². The van der Waals surface area contributed by atoms with Crippen molar-refractivity contribution in [3.63, 3.8) is 0 Å². The maximum absolute atomic E-state index is 13.4. The van der Waals surface area contributed by atoms with E-state index in [2.05, 4.69) is 15.0 Å². The molecule has 0 radical (unpaired) electrons. The SMILES string of the molecule is CCOCCCNC(=O)c1ccc(C(=O)Nc2cccc3c2C(=O)c2cccc4snc-3c24)c(C(=O)O)c1. The van der Waals surface area contributed by atoms with Crippen LogP contribution < -0.4 is 10.6 Å². The van der Waals surface area contributed by atoms with Gasteiger partial charge < -0.3 is 20.5 Å². The molecule has 4 aromatic rings. The van der Waals surface area contributed by atoms with E-state index in [4.69, 9.17) is 4.74 Å². The fourth-order valence-electron chi connectivity index (χ4n) is 4.47. The minimum atomic E-state index is -1.36. The minimum absolute atomic E-state index is 0.117. The smallest absolute Gasteiger partial charge is 0.336 e. The molecule has 0 atom stereocenters. The number of nitrogens with one attached hydrogen (secondary N) is 2. The number of benzene rings is 3. The molecule has 0 fully saturated rings. The summed E-state index contributed by atoms with van der Waals surface area (Å²) in [5.74, 6) is -2.77. The first kappa shape index (κ1) is 25.2. The Balaban J connectivity index is 1.42. The van der Waals surface area contributed by atoms with Crippen LogP contribution in [0.25, 0.3) is 21.3 Å². The Morgan fingerprint density at radius 3 is 2.58 bits per heavy atom. The molecular weight excluding hydrogens is 506 g/mol. The first-order chi connectivity index (χ1) is 18.4. The number of ketones is 1. The van der Waals surface area contributed by atoms with Crippen LogP contribution in [0, 0.1) is 0 Å². The van der Waals surface area contributed by atoms with Gasteiger partial charge in [0, 0.05) is 41.8 Å². The largest absolute Gasteiger partial charge is 0.478 e. The molecule has 1 heterocycles. The van der Waals surface area contributed by atoms with Gasteiger partial charge in [-0.2, -0.15) is 4.37 Å². The van der Waals surface area contributed by atoms with E-state index in [9.17, 15) is 24.3 Å². The molecule has 0 spiro atoms. The highest BCUT2D eigenvalue weighted by atomic mass is 32.1. The van der Waals surface area contributed by atoms with Crippen LogP contribution in [0.2, 0.25) is 0 Å². The van der Waals surface area contributed by atoms with Crippen LogP contribution in [0.4, 0.5) is 5.69 Å². The van der Waals surface area contributed by atoms with E-state index in [0.29, 0.717) is 48.6 Å². The number of hydrogen-bond acceptors (Lipinski definition) is 7. The summed E-state index contributed by atoms with van der Waals surface area (Å²) in [6.07, 6.45) is 0.614. The number of carboxylic acid groups (broad SMARTS) is 1. The zero-order valence-corrected chi connectivity index (χ0v) is 21.2. The second-order valence-electron chi connectivity index (χ2n) is 8.59. The van der Waals surface area contributed by atoms with Crippen molar-refractivity contribution in [2.24, 2.45) is 0 Å². The Hall–Kier alpha value is -4.41. The lowest BCUT2D eigenvalue weighted by Crippen LogP contribution is -2.26. The zero-order valence-electron chi connectivity index (χ0n) is 20.4. The maximum Gasteiger partial charge on any atom is 0.336 e. The number of fused-ring (bicyclic) bond motifs is 2. The summed E-state index contributed by atoms with van der Waals surface area (Å²) >= 11 is 1.30. The molecule has 10 heteroatoms. The quantitative estimate of drug-likeness (QED) is 0.237. The third-order valence-electron chi connectivity index (χ3n) is 6.25. The van der Waals surface area contributed by atoms with E-state index in [1.165, 1.54) is 29.7 Å². The molecule has 38 heavy (non-hydrogen) atoms. The van der Waals surface area contributed by atoms with Crippen molar-refractivity contribution in [2.75, 3.05) is 25.1 Å². The predicted octanol–water partition coefficient (Wildman–Crippen LogP) is 4.61. The number of carboxylic acids is 1. The highest BCUT2D eigenvalue weighted by Gasteiger charge is 2.30. The van der Waals surface area contributed by atoms with Crippen molar-refractivity contribution in [3.8, 4) is 11.3 Å². The molecule has 1 aliphatic carbocycles. The van der Waals surface area contributed by atoms with Gasteiger partial charge >= 0.3 is 5.97 Å². The van der Waals surface area contributed by atoms with Crippen LogP contribution in [0.5, 0.6) is 0 Å². The molecule has 5 rings (SSSR count). The molecule has 2 amide bonds. The zero-order chi connectivity index (χ0) is 26.8. The summed E-state index contributed by atoms with van der Waals surface area (Å²) < 4.78 is 10.7. The summed E-state index contributed by atoms with van der Waals surface area (Å²) in [6, 6.07) is 14.4. The van der Waals surface area contributed by atoms with Crippen molar-refractivity contribution in [3.05, 3.63) is 82.4 Å². The lowest BCUT2D eigenvalue weighted by atomic mass is 9.86. The number of nitrogens with zero attached hydrogens (tertiary/aromatic N) is 1. The number of aromatic nitrogens is 1. The Bertz CT molecular complexity index is 1610. The van der Waals surface area contributed by atoms with Gasteiger partial charge in [-0.3, -0.25) is 14.4 Å². The second kappa shape index (κ2) is 10.5. The van der Waals surface area contributed by atoms with E-state index in [0.717, 1.165) is 10.1 Å². The molecule has 0 saturated carbocycles. The minimum Gasteiger partial charge on any atom is -0.478 e. The summed E-state index contributed by atoms with van der Waals surface area (Å²) in [6.45, 7) is 3.33. The number of anilines is 1. The number of rotatable bonds is 9. The van der Waals surface area contributed by atoms with Crippen molar-refractivity contribution in [2.45, 2.75) is 13.3 Å². The van der Waals surface area contributed by atoms with Crippen LogP contribution in [0.1, 0.15) is 60.3 Å². The molecule has 3 N–H and O–H groups in total. The van der Waals surface area contributed by atoms with Crippen LogP contribution in [0.3, 0.4) is 0 Å². The maximum atomic E-state index is 13.4. The van der Waals surface area contributed by atoms with Crippen LogP contribution in [0.15, 0.2) is 54.6 Å². The van der Waals surface area contributed by atoms with Gasteiger partial charge in [0.05, 0.1) is 32.8 Å². The van der Waals surface area contributed by atoms with E-state index < -0.39 is 17.8 Å². The van der Waals surface area contributed by atoms with Gasteiger partial charge in [0.25, 0.3) is 11.8 Å². The summed E-state index contributed by atoms with van der Waals surface area (Å²) in [7, 11) is 0. The van der Waals surface area contributed by atoms with E-state index in [-0.39, 0.29) is 28.2 Å². The standard InChI is InChI=1S/C28H23N3O6S/c1-2-37-13-5-12-29-26(33)15-10-11-16(19(14-15)28(35)36)27(34)30-20-8-3-6-17-22(20)25(32)18-7-4-9-21-23(18)24(17)31-38-21/h3-4,6-11,14H,2,5,12-13H2,1H3,(H,29,33)(H,30,34)(H,35,36). The highest BCUT2D eigenvalue weighted by molar-refractivity contribution is 7.13. The molecule has 0 unspecified atom stereocenters. The lowest BCUT2D eigenvalue weighted by Gasteiger charge is -2.19. The first-order valence-electron chi connectivity index (χ1n) is 12.0. The van der Waals surface area contributed by atoms with Crippen molar-refractivity contribution in [1.29, 1.82) is 0 Å². The number of amides is 2. The van der Waals surface area contributed by atoms with Crippen molar-refractivity contribution >= 4 is 50.9 Å². The van der Waals surface area contributed by atoms with E-state index >= 15 is 0 Å². The third kappa shape index (κ3) is 4.55. The lowest BCUT2D eigenvalue weighted by molar-refractivity contribution is 0.0692. The van der Waals surface area contributed by atoms with Gasteiger partial charge in [0.1, 0.15) is 0 Å². The number of carbonyl (C=O) groups excluding carboxylic acids is 3. The van der Waals surface area contributed by atoms with Gasteiger partial charge in [-0.05, 0) is 55.2 Å². The van der Waals surface area contributed by atoms with Crippen LogP contribution >= 0.6 is 11.5 Å². The van der Waals surface area contributed by atoms with Crippen molar-refractivity contribution in [1.82, 2.24) is 9.69 Å². The average molecular weight is 530 g/mol. The fourth-order valence-corrected chi connectivity index (χ4v) is 5.29. The highest BCUT2D eigenvalue weighted by Crippen LogP contribution is 2.42. The molecule has 0 bridgehead atoms. The Morgan fingerprint density at radius 2 is 1.79 bits per heavy atom. The topological polar surface area (TPSA) is 135 Å². The first-order valence-corrected chi connectivity index (χ1v) is 12.8. The van der Waals surface area contributed by atoms with Gasteiger partial charge in [0.2, 0.25) is 0 Å². The molecule has 1 aliphatic rings. The molecular formula is C28H23N3O6S. The van der Waals surface area contributed by atoms with Gasteiger partial charge in [-0.1, -0.05) is 24.3 Å². The predicted molar refractivity (Wildman–Crippen MR) is 143 cm³/mol. The number of aromatic carboxylic acids is 1. The molecule has 0 saturated heterocycles. The molecule has 192 valence electrons. The second-order valence-corrected chi connectivity index (χ2v) is 9.40. The Kier molecular flexibility index (Phi) is 6.99.